The topological polar surface area (TPSA) is 452 Å². The van der Waals surface area contributed by atoms with Crippen LogP contribution in [0.2, 0.25) is 0 Å². The minimum Gasteiger partial charge on any atom is -1.00 e. The van der Waals surface area contributed by atoms with Crippen molar-refractivity contribution >= 4 is 62.0 Å². The molecule has 4 atom stereocenters. The van der Waals surface area contributed by atoms with Crippen molar-refractivity contribution in [2.75, 3.05) is 13.1 Å². The highest BCUT2D eigenvalue weighted by atomic mass is 79.9. The summed E-state index contributed by atoms with van der Waals surface area (Å²) in [6.07, 6.45) is 2.84. The number of aliphatic hydroxyl groups is 5. The lowest BCUT2D eigenvalue weighted by Crippen LogP contribution is -3.00. The van der Waals surface area contributed by atoms with E-state index in [0.717, 1.165) is 29.7 Å². The maximum atomic E-state index is 11.8. The maximum absolute atomic E-state index is 11.8. The Kier molecular flexibility index (Phi) is 33.2. The van der Waals surface area contributed by atoms with Gasteiger partial charge in [-0.05, 0) is 51.3 Å². The first-order chi connectivity index (χ1) is 38.5. The summed E-state index contributed by atoms with van der Waals surface area (Å²) < 4.78 is 63.8. The van der Waals surface area contributed by atoms with Crippen LogP contribution in [0.15, 0.2) is 139 Å². The van der Waals surface area contributed by atoms with Crippen LogP contribution in [0.3, 0.4) is 0 Å². The first-order valence-corrected chi connectivity index (χ1v) is 25.6. The van der Waals surface area contributed by atoms with E-state index in [9.17, 15) is 75.1 Å². The number of nitrogens with zero attached hydrogens (tertiary/aromatic N) is 5. The Morgan fingerprint density at radius 1 is 0.595 bits per heavy atom. The van der Waals surface area contributed by atoms with Crippen LogP contribution < -0.4 is 53.7 Å². The van der Waals surface area contributed by atoms with Crippen molar-refractivity contribution in [3.63, 3.8) is 0 Å². The van der Waals surface area contributed by atoms with Crippen molar-refractivity contribution in [2.45, 2.75) is 78.5 Å². The molecule has 2 amide bonds. The fourth-order valence-corrected chi connectivity index (χ4v) is 6.85. The molecule has 2 aliphatic heterocycles. The maximum Gasteiger partial charge on any atom is 0.425 e. The summed E-state index contributed by atoms with van der Waals surface area (Å²) in [4.78, 5) is 76.3. The van der Waals surface area contributed by atoms with Gasteiger partial charge in [-0.25, -0.2) is 18.7 Å². The lowest BCUT2D eigenvalue weighted by atomic mass is 10.1. The Bertz CT molecular complexity index is 3240. The van der Waals surface area contributed by atoms with Gasteiger partial charge in [-0.1, -0.05) is 43.3 Å². The molecule has 30 nitrogen and oxygen atoms in total. The number of aryl methyl sites for hydroxylation is 2. The fourth-order valence-electron chi connectivity index (χ4n) is 6.85. The molecule has 7 N–H and O–H groups in total. The van der Waals surface area contributed by atoms with Crippen LogP contribution in [-0.2, 0) is 53.4 Å². The molecule has 34 heteroatoms. The minimum absolute atomic E-state index is 0. The van der Waals surface area contributed by atoms with Crippen molar-refractivity contribution in [1.29, 1.82) is 0 Å². The number of ether oxygens (including phenoxy) is 2. The molecule has 7 rings (SSSR count). The van der Waals surface area contributed by atoms with Crippen LogP contribution in [0.4, 0.5) is 17.1 Å². The van der Waals surface area contributed by atoms with Crippen LogP contribution in [-0.4, -0.2) is 127 Å². The zero-order chi connectivity index (χ0) is 62.0. The number of carbonyl (C=O) groups is 4. The first-order valence-electron chi connectivity index (χ1n) is 23.6. The molecule has 0 radical (unpaired) electrons. The van der Waals surface area contributed by atoms with Crippen molar-refractivity contribution in [2.24, 2.45) is 0 Å². The summed E-state index contributed by atoms with van der Waals surface area (Å²) in [6, 6.07) is 24.2. The molecule has 5 aromatic rings. The molecule has 0 saturated carbocycles. The molecule has 4 unspecified atom stereocenters. The Hall–Kier alpha value is -8.96. The van der Waals surface area contributed by atoms with E-state index in [0.29, 0.717) is 24.2 Å². The van der Waals surface area contributed by atoms with E-state index in [4.69, 9.17) is 34.7 Å². The van der Waals surface area contributed by atoms with Crippen LogP contribution >= 0.6 is 0 Å². The molecular formula is C50H55Br2N7O23S2. The summed E-state index contributed by atoms with van der Waals surface area (Å²) in [7, 11) is -6.22. The van der Waals surface area contributed by atoms with Gasteiger partial charge in [0.05, 0.1) is 20.3 Å². The monoisotopic (exact) mass is 1340 g/mol. The molecule has 0 saturated heterocycles. The number of nitro groups is 3. The number of non-ortho nitro benzene ring substituents is 1. The average molecular weight is 1350 g/mol. The van der Waals surface area contributed by atoms with E-state index < -0.39 is 85.8 Å². The van der Waals surface area contributed by atoms with Gasteiger partial charge in [-0.15, -0.1) is 25.3 Å². The summed E-state index contributed by atoms with van der Waals surface area (Å²) in [5, 5.41) is 86.1. The van der Waals surface area contributed by atoms with Crippen LogP contribution in [0.1, 0.15) is 59.0 Å². The SMILES string of the molecule is CC1=C(O)C(C(O)C[n+]2ccc(-c3cc[n+](CC(O)C4OC(=O)C(O)=C4O)cc3)cc2)OC1=O.CCCNC(=O)c1cc(C(=O)NCC)cc([N+](=O)[O-])c1.Cc1ccccc1[N+](=O)[O-].Cc1ccccc1[N+](=O)[O-].O=S(=O)=O.O=S(=O)=O.[Br-].[Br-]. The molecule has 84 heavy (non-hydrogen) atoms. The van der Waals surface area contributed by atoms with E-state index in [1.54, 1.807) is 103 Å². The number of carbonyl (C=O) groups excluding carboxylic acids is 4. The highest BCUT2D eigenvalue weighted by Gasteiger charge is 2.41. The van der Waals surface area contributed by atoms with Gasteiger partial charge in [-0.2, -0.15) is 0 Å². The van der Waals surface area contributed by atoms with Gasteiger partial charge in [0.2, 0.25) is 5.76 Å². The van der Waals surface area contributed by atoms with Gasteiger partial charge in [0.15, 0.2) is 68.1 Å². The predicted octanol–water partition coefficient (Wildman–Crippen LogP) is -3.05. The standard InChI is InChI=1S/C23H22N2O9.C13H17N3O4.2C7H7NO2.2BrH.2O3S/c1-12-17(28)20(33-22(12)31)15(26)10-24-6-2-13(3-7-24)14-4-8-25(9-5-14)11-16(27)21-18(29)19(30)23(32)34-21;1-3-5-15-13(18)10-6-9(12(17)14-4-2)7-11(8-10)16(19)20;2*1-6-4-2-3-5-7(6)8(9)10;;;2*1-4(2)3/h2-9,15-16,20-21,26-27H,10-11H2,1H3,(H,28,31);6-8H,3-5H2,1-2H3,(H,14,17)(H,15,18);2*2-5H,1H3;2*1H;;. The van der Waals surface area contributed by atoms with Crippen LogP contribution in [0, 0.1) is 44.2 Å². The van der Waals surface area contributed by atoms with Crippen molar-refractivity contribution in [1.82, 2.24) is 10.6 Å². The summed E-state index contributed by atoms with van der Waals surface area (Å²) in [5.74, 6) is -4.45. The number of nitro benzene ring substituents is 3. The molecule has 0 aliphatic carbocycles. The molecule has 2 aliphatic rings. The number of cyclic esters (lactones) is 2. The fraction of sp³-hybridized carbons (Fsp3) is 0.280. The zero-order valence-corrected chi connectivity index (χ0v) is 49.5. The first kappa shape index (κ1) is 75.0. The lowest BCUT2D eigenvalue weighted by molar-refractivity contribution is -0.704. The summed E-state index contributed by atoms with van der Waals surface area (Å²) >= 11 is 0. The summed E-state index contributed by atoms with van der Waals surface area (Å²) in [6.45, 7) is 9.50. The van der Waals surface area contributed by atoms with Crippen molar-refractivity contribution < 1.29 is 137 Å². The van der Waals surface area contributed by atoms with Gasteiger partial charge in [0.25, 0.3) is 28.9 Å². The number of benzene rings is 3. The smallest absolute Gasteiger partial charge is 0.425 e. The molecule has 3 aromatic carbocycles. The number of nitrogens with one attached hydrogen (secondary N) is 2. The van der Waals surface area contributed by atoms with Gasteiger partial charge < -0.3 is 79.6 Å². The Morgan fingerprint density at radius 3 is 1.26 bits per heavy atom. The van der Waals surface area contributed by atoms with E-state index in [1.807, 2.05) is 19.1 Å². The number of aliphatic hydroxyl groups excluding tert-OH is 5. The minimum atomic E-state index is -3.11. The lowest BCUT2D eigenvalue weighted by Gasteiger charge is -2.15. The van der Waals surface area contributed by atoms with Gasteiger partial charge in [0.1, 0.15) is 5.76 Å². The number of hydrogen-bond donors (Lipinski definition) is 7. The van der Waals surface area contributed by atoms with Crippen molar-refractivity contribution in [3.05, 3.63) is 191 Å². The average Bonchev–Trinajstić information content (AvgIpc) is 3.89. The highest BCUT2D eigenvalue weighted by molar-refractivity contribution is 7.59. The van der Waals surface area contributed by atoms with Crippen LogP contribution in [0.5, 0.6) is 0 Å². The quantitative estimate of drug-likeness (QED) is 0.0237. The third kappa shape index (κ3) is 24.6. The van der Waals surface area contributed by atoms with E-state index in [1.165, 1.54) is 25.1 Å². The largest absolute Gasteiger partial charge is 1.00 e. The molecule has 4 heterocycles. The predicted molar refractivity (Wildman–Crippen MR) is 280 cm³/mol. The molecule has 0 spiro atoms. The van der Waals surface area contributed by atoms with Gasteiger partial charge in [0, 0.05) is 83.9 Å². The molecular weight excluding hydrogens is 1290 g/mol. The van der Waals surface area contributed by atoms with Gasteiger partial charge >= 0.3 is 33.2 Å². The zero-order valence-electron chi connectivity index (χ0n) is 44.7. The van der Waals surface area contributed by atoms with Gasteiger partial charge in [-0.3, -0.25) is 39.9 Å². The van der Waals surface area contributed by atoms with E-state index in [-0.39, 0.29) is 96.4 Å². The number of rotatable bonds is 15. The number of esters is 2. The molecule has 2 aromatic heterocycles. The second-order valence-corrected chi connectivity index (χ2v) is 17.6. The second kappa shape index (κ2) is 37.2. The van der Waals surface area contributed by atoms with E-state index >= 15 is 0 Å². The normalized spacial score (nSPS) is 14.1. The number of aromatic nitrogens is 2. The third-order valence-corrected chi connectivity index (χ3v) is 10.9. The Labute approximate surface area is 501 Å². The Balaban J connectivity index is 0.00000116. The van der Waals surface area contributed by atoms with Crippen molar-refractivity contribution in [3.8, 4) is 11.1 Å². The van der Waals surface area contributed by atoms with E-state index in [2.05, 4.69) is 10.6 Å². The third-order valence-electron chi connectivity index (χ3n) is 10.9. The molecule has 454 valence electrons. The number of halogens is 2. The number of para-hydroxylation sites is 2. The molecule has 0 fully saturated rings. The molecule has 0 bridgehead atoms. The number of pyridine rings is 2. The number of amides is 2. The summed E-state index contributed by atoms with van der Waals surface area (Å²) in [5.41, 5.74) is 3.53. The Morgan fingerprint density at radius 2 is 0.964 bits per heavy atom. The number of hydrogen-bond acceptors (Lipinski definition) is 23. The highest BCUT2D eigenvalue weighted by Crippen LogP contribution is 2.25. The van der Waals surface area contributed by atoms with Crippen LogP contribution in [0.25, 0.3) is 11.1 Å². The second-order valence-electron chi connectivity index (χ2n) is 16.7.